The molecule has 17 heavy (non-hydrogen) atoms. The first-order valence-electron chi connectivity index (χ1n) is 5.45. The van der Waals surface area contributed by atoms with E-state index in [-0.39, 0.29) is 35.4 Å². The van der Waals surface area contributed by atoms with Crippen molar-refractivity contribution in [3.05, 3.63) is 35.6 Å². The van der Waals surface area contributed by atoms with Gasteiger partial charge >= 0.3 is 0 Å². The number of hydrogen-bond donors (Lipinski definition) is 0. The fourth-order valence-electron chi connectivity index (χ4n) is 2.05. The molecular weight excluding hydrogens is 243 g/mol. The first-order chi connectivity index (χ1) is 7.96. The molecule has 0 radical (unpaired) electrons. The second-order valence-corrected chi connectivity index (χ2v) is 6.63. The van der Waals surface area contributed by atoms with Crippen molar-refractivity contribution in [1.82, 2.24) is 0 Å². The molecule has 1 aromatic rings. The Bertz CT molecular complexity index is 519. The standard InChI is InChI=1S/C12H13FO3S/c13-11-3-1-10(2-4-11)12(14)7-9-5-6-17(15,16)8-9/h1-4,9H,5-8H2. The van der Waals surface area contributed by atoms with Crippen LogP contribution in [0.4, 0.5) is 4.39 Å². The summed E-state index contributed by atoms with van der Waals surface area (Å²) in [6.07, 6.45) is 0.778. The average molecular weight is 256 g/mol. The first-order valence-corrected chi connectivity index (χ1v) is 7.27. The van der Waals surface area contributed by atoms with Crippen LogP contribution in [0.1, 0.15) is 23.2 Å². The molecule has 1 saturated heterocycles. The van der Waals surface area contributed by atoms with Crippen molar-refractivity contribution in [1.29, 1.82) is 0 Å². The van der Waals surface area contributed by atoms with E-state index in [1.807, 2.05) is 0 Å². The molecule has 1 heterocycles. The van der Waals surface area contributed by atoms with Crippen LogP contribution in [0.25, 0.3) is 0 Å². The van der Waals surface area contributed by atoms with Gasteiger partial charge in [-0.25, -0.2) is 12.8 Å². The number of Topliss-reactive ketones (excluding diaryl/α,β-unsaturated/α-hetero) is 1. The molecule has 92 valence electrons. The Morgan fingerprint density at radius 1 is 1.29 bits per heavy atom. The van der Waals surface area contributed by atoms with Crippen LogP contribution < -0.4 is 0 Å². The van der Waals surface area contributed by atoms with E-state index in [1.165, 1.54) is 24.3 Å². The Morgan fingerprint density at radius 2 is 1.94 bits per heavy atom. The maximum absolute atomic E-state index is 12.7. The molecule has 1 fully saturated rings. The van der Waals surface area contributed by atoms with Crippen LogP contribution in [0.3, 0.4) is 0 Å². The summed E-state index contributed by atoms with van der Waals surface area (Å²) in [5.41, 5.74) is 0.440. The third-order valence-corrected chi connectivity index (χ3v) is 4.80. The minimum atomic E-state index is -2.94. The van der Waals surface area contributed by atoms with Gasteiger partial charge in [0.2, 0.25) is 0 Å². The zero-order chi connectivity index (χ0) is 12.5. The monoisotopic (exact) mass is 256 g/mol. The van der Waals surface area contributed by atoms with Gasteiger partial charge in [0.25, 0.3) is 0 Å². The topological polar surface area (TPSA) is 51.2 Å². The van der Waals surface area contributed by atoms with Crippen molar-refractivity contribution in [3.8, 4) is 0 Å². The Kier molecular flexibility index (Phi) is 3.28. The zero-order valence-corrected chi connectivity index (χ0v) is 10.0. The van der Waals surface area contributed by atoms with E-state index >= 15 is 0 Å². The highest BCUT2D eigenvalue weighted by Crippen LogP contribution is 2.23. The molecule has 1 aromatic carbocycles. The van der Waals surface area contributed by atoms with Crippen LogP contribution in [0.2, 0.25) is 0 Å². The average Bonchev–Trinajstić information content (AvgIpc) is 2.59. The van der Waals surface area contributed by atoms with E-state index in [4.69, 9.17) is 0 Å². The van der Waals surface area contributed by atoms with E-state index in [9.17, 15) is 17.6 Å². The third-order valence-electron chi connectivity index (χ3n) is 2.97. The molecule has 3 nitrogen and oxygen atoms in total. The van der Waals surface area contributed by atoms with Gasteiger partial charge in [-0.15, -0.1) is 0 Å². The Labute approximate surface area is 99.6 Å². The summed E-state index contributed by atoms with van der Waals surface area (Å²) in [5.74, 6) is -0.316. The van der Waals surface area contributed by atoms with Gasteiger partial charge in [-0.2, -0.15) is 0 Å². The number of carbonyl (C=O) groups excluding carboxylic acids is 1. The van der Waals surface area contributed by atoms with Crippen LogP contribution >= 0.6 is 0 Å². The van der Waals surface area contributed by atoms with Gasteiger partial charge in [0, 0.05) is 12.0 Å². The molecule has 0 spiro atoms. The van der Waals surface area contributed by atoms with Crippen LogP contribution in [-0.4, -0.2) is 25.7 Å². The number of carbonyl (C=O) groups is 1. The summed E-state index contributed by atoms with van der Waals surface area (Å²) in [6, 6.07) is 5.33. The molecule has 0 bridgehead atoms. The molecule has 1 aliphatic rings. The van der Waals surface area contributed by atoms with Crippen molar-refractivity contribution in [3.63, 3.8) is 0 Å². The fraction of sp³-hybridized carbons (Fsp3) is 0.417. The van der Waals surface area contributed by atoms with Gasteiger partial charge < -0.3 is 0 Å². The summed E-state index contributed by atoms with van der Waals surface area (Å²) in [7, 11) is -2.94. The van der Waals surface area contributed by atoms with Crippen LogP contribution in [0, 0.1) is 11.7 Å². The highest BCUT2D eigenvalue weighted by atomic mass is 32.2. The van der Waals surface area contributed by atoms with Gasteiger partial charge in [-0.05, 0) is 36.6 Å². The summed E-state index contributed by atoms with van der Waals surface area (Å²) in [6.45, 7) is 0. The van der Waals surface area contributed by atoms with Crippen LogP contribution in [0.15, 0.2) is 24.3 Å². The normalized spacial score (nSPS) is 22.5. The molecule has 1 unspecified atom stereocenters. The highest BCUT2D eigenvalue weighted by Gasteiger charge is 2.29. The van der Waals surface area contributed by atoms with Crippen molar-refractivity contribution in [2.45, 2.75) is 12.8 Å². The number of sulfone groups is 1. The number of benzene rings is 1. The van der Waals surface area contributed by atoms with Gasteiger partial charge in [0.1, 0.15) is 5.82 Å². The summed E-state index contributed by atoms with van der Waals surface area (Å²) in [5, 5.41) is 0. The SMILES string of the molecule is O=C(CC1CCS(=O)(=O)C1)c1ccc(F)cc1. The summed E-state index contributed by atoms with van der Waals surface area (Å²) in [4.78, 5) is 11.8. The van der Waals surface area contributed by atoms with Crippen molar-refractivity contribution in [2.24, 2.45) is 5.92 Å². The predicted octanol–water partition coefficient (Wildman–Crippen LogP) is 1.83. The van der Waals surface area contributed by atoms with Crippen LogP contribution in [0.5, 0.6) is 0 Å². The van der Waals surface area contributed by atoms with E-state index in [0.29, 0.717) is 12.0 Å². The second kappa shape index (κ2) is 4.56. The van der Waals surface area contributed by atoms with E-state index in [1.54, 1.807) is 0 Å². The van der Waals surface area contributed by atoms with E-state index in [0.717, 1.165) is 0 Å². The Morgan fingerprint density at radius 3 is 2.47 bits per heavy atom. The minimum Gasteiger partial charge on any atom is -0.294 e. The van der Waals surface area contributed by atoms with Crippen molar-refractivity contribution in [2.75, 3.05) is 11.5 Å². The molecule has 0 N–H and O–H groups in total. The molecule has 2 rings (SSSR count). The van der Waals surface area contributed by atoms with E-state index < -0.39 is 9.84 Å². The lowest BCUT2D eigenvalue weighted by Gasteiger charge is -2.06. The van der Waals surface area contributed by atoms with Gasteiger partial charge in [0.15, 0.2) is 15.6 Å². The smallest absolute Gasteiger partial charge is 0.163 e. The first kappa shape index (κ1) is 12.2. The van der Waals surface area contributed by atoms with E-state index in [2.05, 4.69) is 0 Å². The van der Waals surface area contributed by atoms with Gasteiger partial charge in [0.05, 0.1) is 11.5 Å². The molecular formula is C12H13FO3S. The molecule has 0 amide bonds. The van der Waals surface area contributed by atoms with Crippen LogP contribution in [-0.2, 0) is 9.84 Å². The third kappa shape index (κ3) is 3.12. The molecule has 0 aliphatic carbocycles. The number of hydrogen-bond acceptors (Lipinski definition) is 3. The lowest BCUT2D eigenvalue weighted by molar-refractivity contribution is 0.0965. The number of halogens is 1. The maximum atomic E-state index is 12.7. The van der Waals surface area contributed by atoms with Crippen molar-refractivity contribution >= 4 is 15.6 Å². The summed E-state index contributed by atoms with van der Waals surface area (Å²) < 4.78 is 35.2. The maximum Gasteiger partial charge on any atom is 0.163 e. The van der Waals surface area contributed by atoms with Gasteiger partial charge in [-0.3, -0.25) is 4.79 Å². The molecule has 0 aromatic heterocycles. The largest absolute Gasteiger partial charge is 0.294 e. The minimum absolute atomic E-state index is 0.0856. The molecule has 0 saturated carbocycles. The number of ketones is 1. The Hall–Kier alpha value is -1.23. The number of rotatable bonds is 3. The summed E-state index contributed by atoms with van der Waals surface area (Å²) >= 11 is 0. The highest BCUT2D eigenvalue weighted by molar-refractivity contribution is 7.91. The predicted molar refractivity (Wildman–Crippen MR) is 62.1 cm³/mol. The quantitative estimate of drug-likeness (QED) is 0.775. The Balaban J connectivity index is 2.01. The fourth-order valence-corrected chi connectivity index (χ4v) is 3.91. The lowest BCUT2D eigenvalue weighted by atomic mass is 9.98. The molecule has 1 atom stereocenters. The van der Waals surface area contributed by atoms with Gasteiger partial charge in [-0.1, -0.05) is 0 Å². The zero-order valence-electron chi connectivity index (χ0n) is 9.23. The molecule has 5 heteroatoms. The lowest BCUT2D eigenvalue weighted by Crippen LogP contribution is -2.10. The van der Waals surface area contributed by atoms with Crippen molar-refractivity contribution < 1.29 is 17.6 Å². The second-order valence-electron chi connectivity index (χ2n) is 4.40. The molecule has 1 aliphatic heterocycles.